The Balaban J connectivity index is 2.02. The molecule has 0 spiro atoms. The Hall–Kier alpha value is -2.85. The third kappa shape index (κ3) is 3.70. The molecule has 3 rings (SSSR count). The first-order valence-corrected chi connectivity index (χ1v) is 7.87. The van der Waals surface area contributed by atoms with Crippen LogP contribution in [0, 0.1) is 25.7 Å². The number of hydrogen-bond donors (Lipinski definition) is 0. The van der Waals surface area contributed by atoms with Crippen molar-refractivity contribution in [3.63, 3.8) is 0 Å². The molecule has 0 bridgehead atoms. The van der Waals surface area contributed by atoms with Crippen LogP contribution in [0.3, 0.4) is 0 Å². The van der Waals surface area contributed by atoms with Crippen LogP contribution in [0.1, 0.15) is 28.5 Å². The Morgan fingerprint density at radius 1 is 1.08 bits per heavy atom. The van der Waals surface area contributed by atoms with Crippen molar-refractivity contribution >= 4 is 11.6 Å². The number of nitrogens with zero attached hydrogens (tertiary/aromatic N) is 4. The topological polar surface area (TPSA) is 43.6 Å². The molecule has 4 nitrogen and oxygen atoms in total. The van der Waals surface area contributed by atoms with Crippen LogP contribution in [0.2, 0.25) is 5.15 Å². The van der Waals surface area contributed by atoms with Crippen LogP contribution >= 0.6 is 11.6 Å². The summed E-state index contributed by atoms with van der Waals surface area (Å²) in [4.78, 5) is 11.9. The van der Waals surface area contributed by atoms with E-state index in [0.29, 0.717) is 27.9 Å². The Morgan fingerprint density at radius 3 is 2.54 bits per heavy atom. The number of halogens is 4. The Bertz CT molecular complexity index is 1030. The largest absolute Gasteiger partial charge is 0.433 e. The van der Waals surface area contributed by atoms with Gasteiger partial charge in [0.1, 0.15) is 28.2 Å². The molecular weight excluding hydrogens is 365 g/mol. The molecule has 0 aromatic carbocycles. The first kappa shape index (κ1) is 18.0. The van der Waals surface area contributed by atoms with Gasteiger partial charge in [-0.15, -0.1) is 0 Å². The lowest BCUT2D eigenvalue weighted by Crippen LogP contribution is -2.11. The molecular formula is C18H12ClF3N4. The van der Waals surface area contributed by atoms with E-state index in [-0.39, 0.29) is 5.82 Å². The number of imidazole rings is 1. The zero-order chi connectivity index (χ0) is 18.9. The van der Waals surface area contributed by atoms with Gasteiger partial charge in [-0.25, -0.2) is 15.0 Å². The van der Waals surface area contributed by atoms with Gasteiger partial charge in [-0.05, 0) is 44.0 Å². The molecule has 0 aliphatic carbocycles. The maximum absolute atomic E-state index is 12.9. The highest BCUT2D eigenvalue weighted by Gasteiger charge is 2.32. The molecule has 8 heteroatoms. The molecule has 132 valence electrons. The predicted octanol–water partition coefficient (Wildman–Crippen LogP) is 4.35. The average molecular weight is 377 g/mol. The zero-order valence-corrected chi connectivity index (χ0v) is 14.5. The van der Waals surface area contributed by atoms with Gasteiger partial charge in [0.25, 0.3) is 0 Å². The molecule has 0 amide bonds. The van der Waals surface area contributed by atoms with E-state index in [9.17, 15) is 13.2 Å². The summed E-state index contributed by atoms with van der Waals surface area (Å²) < 4.78 is 40.3. The van der Waals surface area contributed by atoms with Crippen molar-refractivity contribution in [3.8, 4) is 17.7 Å². The highest BCUT2D eigenvalue weighted by molar-refractivity contribution is 6.29. The zero-order valence-electron chi connectivity index (χ0n) is 13.8. The van der Waals surface area contributed by atoms with Crippen LogP contribution in [-0.2, 0) is 6.18 Å². The van der Waals surface area contributed by atoms with E-state index in [1.807, 2.05) is 0 Å². The summed E-state index contributed by atoms with van der Waals surface area (Å²) in [6, 6.07) is 7.05. The van der Waals surface area contributed by atoms with Gasteiger partial charge in [-0.3, -0.25) is 4.57 Å². The second-order valence-electron chi connectivity index (χ2n) is 5.42. The maximum Gasteiger partial charge on any atom is 0.433 e. The van der Waals surface area contributed by atoms with Crippen LogP contribution in [0.15, 0.2) is 36.5 Å². The molecule has 0 saturated carbocycles. The average Bonchev–Trinajstić information content (AvgIpc) is 2.86. The second kappa shape index (κ2) is 6.81. The fourth-order valence-corrected chi connectivity index (χ4v) is 2.59. The normalized spacial score (nSPS) is 11.2. The summed E-state index contributed by atoms with van der Waals surface area (Å²) in [5.74, 6) is 6.47. The molecule has 0 unspecified atom stereocenters. The lowest BCUT2D eigenvalue weighted by atomic mass is 10.2. The minimum absolute atomic E-state index is 0.141. The van der Waals surface area contributed by atoms with Gasteiger partial charge in [-0.1, -0.05) is 23.6 Å². The van der Waals surface area contributed by atoms with Crippen molar-refractivity contribution in [1.29, 1.82) is 0 Å². The second-order valence-corrected chi connectivity index (χ2v) is 5.81. The van der Waals surface area contributed by atoms with Gasteiger partial charge in [0.2, 0.25) is 0 Å². The van der Waals surface area contributed by atoms with Crippen molar-refractivity contribution in [2.75, 3.05) is 0 Å². The van der Waals surface area contributed by atoms with E-state index in [4.69, 9.17) is 11.6 Å². The van der Waals surface area contributed by atoms with Crippen molar-refractivity contribution in [1.82, 2.24) is 19.5 Å². The van der Waals surface area contributed by atoms with Crippen LogP contribution < -0.4 is 0 Å². The summed E-state index contributed by atoms with van der Waals surface area (Å²) in [7, 11) is 0. The number of rotatable bonds is 1. The number of aryl methyl sites for hydroxylation is 1. The van der Waals surface area contributed by atoms with E-state index in [0.717, 1.165) is 6.07 Å². The monoisotopic (exact) mass is 376 g/mol. The predicted molar refractivity (Wildman–Crippen MR) is 91.1 cm³/mol. The van der Waals surface area contributed by atoms with E-state index in [1.54, 1.807) is 30.5 Å². The van der Waals surface area contributed by atoms with Crippen molar-refractivity contribution in [2.24, 2.45) is 0 Å². The van der Waals surface area contributed by atoms with Gasteiger partial charge in [0, 0.05) is 11.8 Å². The summed E-state index contributed by atoms with van der Waals surface area (Å²) in [5, 5.41) is 0.323. The fraction of sp³-hybridized carbons (Fsp3) is 0.167. The summed E-state index contributed by atoms with van der Waals surface area (Å²) >= 11 is 5.82. The van der Waals surface area contributed by atoms with E-state index in [2.05, 4.69) is 26.8 Å². The highest BCUT2D eigenvalue weighted by atomic mass is 35.5. The minimum Gasteiger partial charge on any atom is -0.284 e. The smallest absolute Gasteiger partial charge is 0.284 e. The quantitative estimate of drug-likeness (QED) is 0.468. The van der Waals surface area contributed by atoms with Gasteiger partial charge in [-0.2, -0.15) is 13.2 Å². The van der Waals surface area contributed by atoms with Gasteiger partial charge in [0.05, 0.1) is 5.69 Å². The summed E-state index contributed by atoms with van der Waals surface area (Å²) in [5.41, 5.74) is 0.756. The Labute approximate surface area is 152 Å². The molecule has 3 aromatic heterocycles. The molecule has 3 aromatic rings. The molecule has 26 heavy (non-hydrogen) atoms. The first-order chi connectivity index (χ1) is 12.3. The number of pyridine rings is 2. The Kier molecular flexibility index (Phi) is 4.70. The minimum atomic E-state index is -4.51. The van der Waals surface area contributed by atoms with Crippen molar-refractivity contribution in [2.45, 2.75) is 20.0 Å². The fourth-order valence-electron chi connectivity index (χ4n) is 2.41. The molecule has 0 aliphatic heterocycles. The third-order valence-electron chi connectivity index (χ3n) is 3.58. The molecule has 0 radical (unpaired) electrons. The molecule has 0 saturated heterocycles. The first-order valence-electron chi connectivity index (χ1n) is 7.50. The molecule has 0 N–H and O–H groups in total. The van der Waals surface area contributed by atoms with Crippen LogP contribution in [0.25, 0.3) is 5.82 Å². The SMILES string of the molecule is Cc1nc(C#Cc2ccnc(Cl)c2)c(C)n1-c1cccc(C(F)(F)F)n1. The van der Waals surface area contributed by atoms with Gasteiger partial charge in [0.15, 0.2) is 0 Å². The van der Waals surface area contributed by atoms with Gasteiger partial charge >= 0.3 is 6.18 Å². The third-order valence-corrected chi connectivity index (χ3v) is 3.79. The van der Waals surface area contributed by atoms with Crippen LogP contribution in [0.5, 0.6) is 0 Å². The lowest BCUT2D eigenvalue weighted by Gasteiger charge is -2.10. The number of hydrogen-bond acceptors (Lipinski definition) is 3. The molecule has 0 aliphatic rings. The number of alkyl halides is 3. The Morgan fingerprint density at radius 2 is 1.85 bits per heavy atom. The van der Waals surface area contributed by atoms with Crippen LogP contribution in [0.4, 0.5) is 13.2 Å². The summed E-state index contributed by atoms with van der Waals surface area (Å²) in [6.07, 6.45) is -2.97. The van der Waals surface area contributed by atoms with Crippen molar-refractivity contribution < 1.29 is 13.2 Å². The summed E-state index contributed by atoms with van der Waals surface area (Å²) in [6.45, 7) is 3.41. The molecule has 3 heterocycles. The van der Waals surface area contributed by atoms with Gasteiger partial charge < -0.3 is 0 Å². The van der Waals surface area contributed by atoms with E-state index < -0.39 is 11.9 Å². The lowest BCUT2D eigenvalue weighted by molar-refractivity contribution is -0.141. The highest BCUT2D eigenvalue weighted by Crippen LogP contribution is 2.28. The van der Waals surface area contributed by atoms with Crippen molar-refractivity contribution in [3.05, 3.63) is 70.2 Å². The van der Waals surface area contributed by atoms with Crippen LogP contribution in [-0.4, -0.2) is 19.5 Å². The molecule has 0 fully saturated rings. The standard InChI is InChI=1S/C18H12ClF3N4/c1-11-14(7-6-13-8-9-23-16(19)10-13)24-12(2)26(11)17-5-3-4-15(25-17)18(20,21)22/h3-5,8-10H,1-2H3. The molecule has 0 atom stereocenters. The maximum atomic E-state index is 12.9. The number of aromatic nitrogens is 4. The van der Waals surface area contributed by atoms with E-state index >= 15 is 0 Å². The van der Waals surface area contributed by atoms with E-state index in [1.165, 1.54) is 18.3 Å².